The highest BCUT2D eigenvalue weighted by Crippen LogP contribution is 2.26. The molecule has 0 fully saturated rings. The number of hydrogen-bond donors (Lipinski definition) is 0. The normalized spacial score (nSPS) is 9.72. The molecule has 0 aliphatic heterocycles. The number of benzene rings is 2. The summed E-state index contributed by atoms with van der Waals surface area (Å²) in [5.74, 6) is 3.24. The third-order valence-corrected chi connectivity index (χ3v) is 4.96. The van der Waals surface area contributed by atoms with E-state index < -0.39 is 68.8 Å². The molecule has 2 rings (SSSR count). The van der Waals surface area contributed by atoms with E-state index in [2.05, 4.69) is 11.8 Å². The monoisotopic (exact) mass is 506 g/mol. The van der Waals surface area contributed by atoms with Crippen molar-refractivity contribution in [3.63, 3.8) is 0 Å². The molecule has 2 aromatic carbocycles. The maximum Gasteiger partial charge on any atom is 0.177 e. The topological polar surface area (TPSA) is 0 Å². The van der Waals surface area contributed by atoms with Gasteiger partial charge in [0.15, 0.2) is 46.5 Å². The van der Waals surface area contributed by atoms with E-state index in [1.807, 2.05) is 35.5 Å². The summed E-state index contributed by atoms with van der Waals surface area (Å²) in [6.07, 6.45) is 1.43. The van der Waals surface area contributed by atoms with Crippen molar-refractivity contribution in [2.45, 2.75) is 52.4 Å². The molecule has 36 heavy (non-hydrogen) atoms. The smallest absolute Gasteiger partial charge is 0.177 e. The molecule has 0 heterocycles. The van der Waals surface area contributed by atoms with Gasteiger partial charge in [-0.2, -0.15) is 0 Å². The molecule has 0 atom stereocenters. The fourth-order valence-electron chi connectivity index (χ4n) is 3.03. The van der Waals surface area contributed by atoms with Crippen LogP contribution in [0.4, 0.5) is 35.1 Å². The summed E-state index contributed by atoms with van der Waals surface area (Å²) >= 11 is 0. The van der Waals surface area contributed by atoms with Crippen molar-refractivity contribution in [1.29, 1.82) is 0 Å². The summed E-state index contributed by atoms with van der Waals surface area (Å²) in [6, 6.07) is 0. The predicted octanol–water partition coefficient (Wildman–Crippen LogP) is 6.89. The van der Waals surface area contributed by atoms with Crippen molar-refractivity contribution in [2.75, 3.05) is 0 Å². The zero-order valence-electron chi connectivity index (χ0n) is 19.3. The van der Waals surface area contributed by atoms with Gasteiger partial charge < -0.3 is 0 Å². The molecule has 0 aliphatic rings. The Hall–Kier alpha value is -3.88. The lowest BCUT2D eigenvalue weighted by Crippen LogP contribution is -2.07. The number of halogens is 8. The molecule has 0 N–H and O–H groups in total. The Labute approximate surface area is 204 Å². The molecule has 0 unspecified atom stereocenters. The van der Waals surface area contributed by atoms with Gasteiger partial charge in [-0.15, -0.1) is 0 Å². The molecule has 0 amide bonds. The Morgan fingerprint density at radius 2 is 0.694 bits per heavy atom. The van der Waals surface area contributed by atoms with Crippen LogP contribution in [0.15, 0.2) is 0 Å². The maximum atomic E-state index is 14.1. The van der Waals surface area contributed by atoms with Crippen LogP contribution >= 0.6 is 0 Å². The summed E-state index contributed by atoms with van der Waals surface area (Å²) in [6.45, 7) is 3.49. The minimum Gasteiger partial charge on any atom is -0.203 e. The Bertz CT molecular complexity index is 1240. The second-order valence-corrected chi connectivity index (χ2v) is 7.43. The van der Waals surface area contributed by atoms with Gasteiger partial charge in [0.1, 0.15) is 11.1 Å². The van der Waals surface area contributed by atoms with Crippen LogP contribution in [0.25, 0.3) is 0 Å². The van der Waals surface area contributed by atoms with E-state index in [1.165, 1.54) is 0 Å². The summed E-state index contributed by atoms with van der Waals surface area (Å²) < 4.78 is 112. The van der Waals surface area contributed by atoms with Crippen LogP contribution in [-0.2, 0) is 12.8 Å². The van der Waals surface area contributed by atoms with Crippen molar-refractivity contribution in [2.24, 2.45) is 0 Å². The molecular weight excluding hydrogens is 488 g/mol. The van der Waals surface area contributed by atoms with Crippen LogP contribution in [0.1, 0.15) is 61.8 Å². The average Bonchev–Trinajstić information content (AvgIpc) is 2.86. The van der Waals surface area contributed by atoms with Crippen molar-refractivity contribution in [1.82, 2.24) is 0 Å². The van der Waals surface area contributed by atoms with Gasteiger partial charge in [0.2, 0.25) is 0 Å². The maximum absolute atomic E-state index is 14.1. The lowest BCUT2D eigenvalue weighted by atomic mass is 10.0. The molecule has 2 aromatic rings. The highest BCUT2D eigenvalue weighted by Gasteiger charge is 2.25. The van der Waals surface area contributed by atoms with E-state index in [-0.39, 0.29) is 12.8 Å². The second-order valence-electron chi connectivity index (χ2n) is 7.43. The van der Waals surface area contributed by atoms with Gasteiger partial charge in [-0.3, -0.25) is 0 Å². The van der Waals surface area contributed by atoms with Crippen LogP contribution in [0.2, 0.25) is 0 Å². The lowest BCUT2D eigenvalue weighted by molar-refractivity contribution is 0.434. The summed E-state index contributed by atoms with van der Waals surface area (Å²) in [5.41, 5.74) is -3.67. The first-order valence-corrected chi connectivity index (χ1v) is 10.9. The fraction of sp³-hybridized carbons (Fsp3) is 0.286. The number of hydrogen-bond acceptors (Lipinski definition) is 0. The van der Waals surface area contributed by atoms with E-state index in [4.69, 9.17) is 0 Å². The van der Waals surface area contributed by atoms with Gasteiger partial charge in [0, 0.05) is 11.1 Å². The highest BCUT2D eigenvalue weighted by atomic mass is 19.2. The quantitative estimate of drug-likeness (QED) is 0.227. The molecule has 0 spiro atoms. The molecule has 0 saturated carbocycles. The van der Waals surface area contributed by atoms with Crippen molar-refractivity contribution in [3.05, 3.63) is 68.8 Å². The van der Waals surface area contributed by atoms with Crippen LogP contribution < -0.4 is 0 Å². The summed E-state index contributed by atoms with van der Waals surface area (Å²) in [5, 5.41) is 0. The third-order valence-electron chi connectivity index (χ3n) is 4.96. The van der Waals surface area contributed by atoms with Crippen molar-refractivity contribution < 1.29 is 35.1 Å². The predicted molar refractivity (Wildman–Crippen MR) is 119 cm³/mol. The van der Waals surface area contributed by atoms with Gasteiger partial charge in [0.25, 0.3) is 0 Å². The third kappa shape index (κ3) is 6.41. The minimum atomic E-state index is -1.64. The lowest BCUT2D eigenvalue weighted by Gasteiger charge is -2.08. The molecule has 0 aromatic heterocycles. The van der Waals surface area contributed by atoms with Gasteiger partial charge in [-0.25, -0.2) is 35.1 Å². The van der Waals surface area contributed by atoms with Crippen LogP contribution in [0.5, 0.6) is 0 Å². The second kappa shape index (κ2) is 13.3. The van der Waals surface area contributed by atoms with Crippen LogP contribution in [-0.4, -0.2) is 0 Å². The van der Waals surface area contributed by atoms with E-state index in [0.29, 0.717) is 25.7 Å². The SMILES string of the molecule is CCCCc1c(F)c(F)c(C#CC#CC#CC#Cc2c(F)c(F)c(CCCC)c(F)c2F)c(F)c1F. The van der Waals surface area contributed by atoms with E-state index in [1.54, 1.807) is 13.8 Å². The molecule has 0 bridgehead atoms. The molecule has 186 valence electrons. The Morgan fingerprint density at radius 1 is 0.417 bits per heavy atom. The zero-order valence-corrected chi connectivity index (χ0v) is 19.3. The molecule has 0 nitrogen and oxygen atoms in total. The Balaban J connectivity index is 2.25. The summed E-state index contributed by atoms with van der Waals surface area (Å²) in [7, 11) is 0. The summed E-state index contributed by atoms with van der Waals surface area (Å²) in [4.78, 5) is 0. The Morgan fingerprint density at radius 3 is 0.972 bits per heavy atom. The molecule has 8 heteroatoms. The van der Waals surface area contributed by atoms with E-state index >= 15 is 0 Å². The average molecular weight is 506 g/mol. The standard InChI is InChI=1S/C28H18F8/c1-3-5-13-17-21(29)25(33)19(26(34)22(17)30)15-11-9-7-8-10-12-16-20-27(35)23(31)18(14-6-4-2)24(32)28(20)36/h3-6,13-14H2,1-2H3. The first-order valence-electron chi connectivity index (χ1n) is 10.9. The van der Waals surface area contributed by atoms with Gasteiger partial charge >= 0.3 is 0 Å². The Kier molecular flexibility index (Phi) is 10.5. The fourth-order valence-corrected chi connectivity index (χ4v) is 3.03. The first-order chi connectivity index (χ1) is 17.2. The highest BCUT2D eigenvalue weighted by molar-refractivity contribution is 5.48. The van der Waals surface area contributed by atoms with Gasteiger partial charge in [0.05, 0.1) is 0 Å². The number of rotatable bonds is 6. The van der Waals surface area contributed by atoms with E-state index in [9.17, 15) is 35.1 Å². The molecule has 0 aliphatic carbocycles. The molecule has 0 saturated heterocycles. The van der Waals surface area contributed by atoms with Crippen LogP contribution in [0.3, 0.4) is 0 Å². The minimum absolute atomic E-state index is 0.178. The largest absolute Gasteiger partial charge is 0.203 e. The zero-order chi connectivity index (χ0) is 26.8. The van der Waals surface area contributed by atoms with Crippen molar-refractivity contribution >= 4 is 0 Å². The van der Waals surface area contributed by atoms with Gasteiger partial charge in [-0.1, -0.05) is 26.7 Å². The molecule has 0 radical (unpaired) electrons. The number of unbranched alkanes of at least 4 members (excludes halogenated alkanes) is 2. The van der Waals surface area contributed by atoms with Crippen molar-refractivity contribution in [3.8, 4) is 47.4 Å². The molecular formula is C28H18F8. The van der Waals surface area contributed by atoms with Gasteiger partial charge in [-0.05, 0) is 73.0 Å². The van der Waals surface area contributed by atoms with E-state index in [0.717, 1.165) is 0 Å². The van der Waals surface area contributed by atoms with Crippen LogP contribution in [0, 0.1) is 93.9 Å². The first kappa shape index (κ1) is 28.4.